The van der Waals surface area contributed by atoms with Crippen molar-refractivity contribution in [1.82, 2.24) is 4.98 Å². The summed E-state index contributed by atoms with van der Waals surface area (Å²) in [6.07, 6.45) is 3.91. The minimum atomic E-state index is -0.105. The first kappa shape index (κ1) is 18.0. The number of nitrogens with zero attached hydrogens (tertiary/aromatic N) is 2. The number of pyridine rings is 1. The molecule has 1 heterocycles. The molecule has 0 aliphatic heterocycles. The lowest BCUT2D eigenvalue weighted by Gasteiger charge is -2.22. The number of benzene rings is 1. The van der Waals surface area contributed by atoms with Gasteiger partial charge in [0.2, 0.25) is 0 Å². The fourth-order valence-corrected chi connectivity index (χ4v) is 2.61. The predicted molar refractivity (Wildman–Crippen MR) is 101 cm³/mol. The summed E-state index contributed by atoms with van der Waals surface area (Å²) in [7, 11) is 0. The van der Waals surface area contributed by atoms with Crippen molar-refractivity contribution in [3.63, 3.8) is 0 Å². The Morgan fingerprint density at radius 2 is 1.75 bits per heavy atom. The van der Waals surface area contributed by atoms with Crippen LogP contribution in [0.5, 0.6) is 0 Å². The standard InChI is InChI=1S/C20H27N3O/c1-5-11-23(12-6-2)19-10-9-18(14-21-19)22-20(24)17-8-7-15(3)16(4)13-17/h7-10,13-14H,5-6,11-12H2,1-4H3,(H,22,24). The van der Waals surface area contributed by atoms with Gasteiger partial charge in [0.25, 0.3) is 5.91 Å². The highest BCUT2D eigenvalue weighted by Gasteiger charge is 2.09. The van der Waals surface area contributed by atoms with Crippen LogP contribution in [0.15, 0.2) is 36.5 Å². The third kappa shape index (κ3) is 4.57. The van der Waals surface area contributed by atoms with E-state index in [1.165, 1.54) is 5.56 Å². The summed E-state index contributed by atoms with van der Waals surface area (Å²) < 4.78 is 0. The summed E-state index contributed by atoms with van der Waals surface area (Å²) in [5.41, 5.74) is 3.69. The van der Waals surface area contributed by atoms with Gasteiger partial charge in [-0.1, -0.05) is 19.9 Å². The van der Waals surface area contributed by atoms with Crippen LogP contribution in [-0.2, 0) is 0 Å². The van der Waals surface area contributed by atoms with Crippen LogP contribution in [0.3, 0.4) is 0 Å². The smallest absolute Gasteiger partial charge is 0.255 e. The molecular weight excluding hydrogens is 298 g/mol. The third-order valence-corrected chi connectivity index (χ3v) is 4.09. The first-order valence-corrected chi connectivity index (χ1v) is 8.64. The summed E-state index contributed by atoms with van der Waals surface area (Å²) in [5.74, 6) is 0.856. The molecule has 1 amide bonds. The zero-order valence-corrected chi connectivity index (χ0v) is 15.1. The largest absolute Gasteiger partial charge is 0.357 e. The lowest BCUT2D eigenvalue weighted by atomic mass is 10.1. The van der Waals surface area contributed by atoms with Gasteiger partial charge in [0.1, 0.15) is 5.82 Å². The van der Waals surface area contributed by atoms with Gasteiger partial charge >= 0.3 is 0 Å². The molecule has 0 saturated heterocycles. The molecule has 0 atom stereocenters. The molecule has 4 nitrogen and oxygen atoms in total. The van der Waals surface area contributed by atoms with Crippen molar-refractivity contribution >= 4 is 17.4 Å². The van der Waals surface area contributed by atoms with Crippen LogP contribution in [-0.4, -0.2) is 24.0 Å². The fraction of sp³-hybridized carbons (Fsp3) is 0.400. The number of anilines is 2. The number of nitrogens with one attached hydrogen (secondary N) is 1. The van der Waals surface area contributed by atoms with Gasteiger partial charge in [-0.25, -0.2) is 4.98 Å². The Morgan fingerprint density at radius 1 is 1.04 bits per heavy atom. The van der Waals surface area contributed by atoms with Crippen LogP contribution in [0.4, 0.5) is 11.5 Å². The van der Waals surface area contributed by atoms with Gasteiger partial charge in [-0.2, -0.15) is 0 Å². The predicted octanol–water partition coefficient (Wildman–Crippen LogP) is 4.58. The summed E-state index contributed by atoms with van der Waals surface area (Å²) in [5, 5.41) is 2.92. The second-order valence-corrected chi connectivity index (χ2v) is 6.15. The van der Waals surface area contributed by atoms with E-state index in [9.17, 15) is 4.79 Å². The van der Waals surface area contributed by atoms with Crippen LogP contribution >= 0.6 is 0 Å². The Labute approximate surface area is 144 Å². The SMILES string of the molecule is CCCN(CCC)c1ccc(NC(=O)c2ccc(C)c(C)c2)cn1. The Balaban J connectivity index is 2.07. The molecule has 24 heavy (non-hydrogen) atoms. The number of aryl methyl sites for hydroxylation is 2. The lowest BCUT2D eigenvalue weighted by Crippen LogP contribution is -2.25. The molecule has 1 aromatic heterocycles. The molecule has 2 aromatic rings. The minimum Gasteiger partial charge on any atom is -0.357 e. The summed E-state index contributed by atoms with van der Waals surface area (Å²) >= 11 is 0. The molecule has 0 aliphatic rings. The quantitative estimate of drug-likeness (QED) is 0.810. The molecule has 1 N–H and O–H groups in total. The minimum absolute atomic E-state index is 0.105. The van der Waals surface area contributed by atoms with Gasteiger partial charge in [0, 0.05) is 18.7 Å². The molecule has 2 rings (SSSR count). The molecule has 0 spiro atoms. The summed E-state index contributed by atoms with van der Waals surface area (Å²) in [4.78, 5) is 19.1. The summed E-state index contributed by atoms with van der Waals surface area (Å²) in [6.45, 7) is 10.4. The number of carbonyl (C=O) groups is 1. The van der Waals surface area contributed by atoms with E-state index in [1.807, 2.05) is 44.2 Å². The highest BCUT2D eigenvalue weighted by atomic mass is 16.1. The summed E-state index contributed by atoms with van der Waals surface area (Å²) in [6, 6.07) is 9.63. The Bertz CT molecular complexity index is 674. The van der Waals surface area contributed by atoms with Crippen LogP contribution < -0.4 is 10.2 Å². The van der Waals surface area contributed by atoms with E-state index in [4.69, 9.17) is 0 Å². The Hall–Kier alpha value is -2.36. The van der Waals surface area contributed by atoms with Gasteiger partial charge in [0.05, 0.1) is 11.9 Å². The van der Waals surface area contributed by atoms with E-state index < -0.39 is 0 Å². The van der Waals surface area contributed by atoms with Gasteiger partial charge < -0.3 is 10.2 Å². The Kier molecular flexibility index (Phi) is 6.36. The maximum absolute atomic E-state index is 12.4. The van der Waals surface area contributed by atoms with Gasteiger partial charge in [-0.05, 0) is 62.1 Å². The highest BCUT2D eigenvalue weighted by Crippen LogP contribution is 2.17. The van der Waals surface area contributed by atoms with Crippen molar-refractivity contribution in [2.75, 3.05) is 23.3 Å². The van der Waals surface area contributed by atoms with Crippen LogP contribution in [0, 0.1) is 13.8 Å². The molecule has 4 heteroatoms. The second-order valence-electron chi connectivity index (χ2n) is 6.15. The average molecular weight is 325 g/mol. The first-order valence-electron chi connectivity index (χ1n) is 8.64. The topological polar surface area (TPSA) is 45.2 Å². The Morgan fingerprint density at radius 3 is 2.29 bits per heavy atom. The fourth-order valence-electron chi connectivity index (χ4n) is 2.61. The third-order valence-electron chi connectivity index (χ3n) is 4.09. The zero-order chi connectivity index (χ0) is 17.5. The van der Waals surface area contributed by atoms with E-state index in [0.29, 0.717) is 5.56 Å². The molecular formula is C20H27N3O. The number of hydrogen-bond donors (Lipinski definition) is 1. The molecule has 128 valence electrons. The van der Waals surface area contributed by atoms with Gasteiger partial charge in [-0.3, -0.25) is 4.79 Å². The molecule has 0 saturated carbocycles. The van der Waals surface area contributed by atoms with Crippen LogP contribution in [0.25, 0.3) is 0 Å². The van der Waals surface area contributed by atoms with Gasteiger partial charge in [0.15, 0.2) is 0 Å². The molecule has 0 fully saturated rings. The maximum atomic E-state index is 12.4. The van der Waals surface area contributed by atoms with E-state index in [2.05, 4.69) is 29.0 Å². The van der Waals surface area contributed by atoms with Crippen molar-refractivity contribution in [3.05, 3.63) is 53.2 Å². The molecule has 0 unspecified atom stereocenters. The molecule has 1 aromatic carbocycles. The number of hydrogen-bond acceptors (Lipinski definition) is 3. The highest BCUT2D eigenvalue weighted by molar-refractivity contribution is 6.04. The molecule has 0 bridgehead atoms. The van der Waals surface area contributed by atoms with Crippen molar-refractivity contribution in [1.29, 1.82) is 0 Å². The van der Waals surface area contributed by atoms with E-state index in [0.717, 1.165) is 43.0 Å². The number of rotatable bonds is 7. The number of aromatic nitrogens is 1. The number of carbonyl (C=O) groups excluding carboxylic acids is 1. The lowest BCUT2D eigenvalue weighted by molar-refractivity contribution is 0.102. The first-order chi connectivity index (χ1) is 11.5. The van der Waals surface area contributed by atoms with Crippen molar-refractivity contribution < 1.29 is 4.79 Å². The normalized spacial score (nSPS) is 10.5. The van der Waals surface area contributed by atoms with Crippen molar-refractivity contribution in [2.45, 2.75) is 40.5 Å². The van der Waals surface area contributed by atoms with Crippen LogP contribution in [0.1, 0.15) is 48.2 Å². The molecule has 0 aliphatic carbocycles. The average Bonchev–Trinajstić information content (AvgIpc) is 2.58. The van der Waals surface area contributed by atoms with E-state index >= 15 is 0 Å². The number of amides is 1. The van der Waals surface area contributed by atoms with E-state index in [1.54, 1.807) is 6.20 Å². The van der Waals surface area contributed by atoms with Crippen molar-refractivity contribution in [2.24, 2.45) is 0 Å². The zero-order valence-electron chi connectivity index (χ0n) is 15.1. The van der Waals surface area contributed by atoms with Gasteiger partial charge in [-0.15, -0.1) is 0 Å². The molecule has 0 radical (unpaired) electrons. The van der Waals surface area contributed by atoms with Crippen LogP contribution in [0.2, 0.25) is 0 Å². The maximum Gasteiger partial charge on any atom is 0.255 e. The monoisotopic (exact) mass is 325 g/mol. The second kappa shape index (κ2) is 8.48. The van der Waals surface area contributed by atoms with Crippen molar-refractivity contribution in [3.8, 4) is 0 Å². The van der Waals surface area contributed by atoms with E-state index in [-0.39, 0.29) is 5.91 Å².